The Morgan fingerprint density at radius 2 is 2.25 bits per heavy atom. The molecular weight excluding hydrogens is 270 g/mol. The van der Waals surface area contributed by atoms with Crippen molar-refractivity contribution >= 4 is 21.9 Å². The molecular formula is C12H12BrNO2. The number of nitrogens with zero attached hydrogens (tertiary/aromatic N) is 1. The van der Waals surface area contributed by atoms with Gasteiger partial charge in [-0.1, -0.05) is 13.0 Å². The van der Waals surface area contributed by atoms with Gasteiger partial charge in [0.05, 0.1) is 19.1 Å². The molecule has 0 atom stereocenters. The van der Waals surface area contributed by atoms with Gasteiger partial charge in [-0.15, -0.1) is 0 Å². The first-order valence-electron chi connectivity index (χ1n) is 4.90. The maximum atomic E-state index is 11.1. The third-order valence-electron chi connectivity index (χ3n) is 2.29. The van der Waals surface area contributed by atoms with Crippen LogP contribution in [0.2, 0.25) is 0 Å². The van der Waals surface area contributed by atoms with Crippen LogP contribution in [0.5, 0.6) is 0 Å². The molecule has 0 saturated carbocycles. The van der Waals surface area contributed by atoms with Crippen LogP contribution in [0.3, 0.4) is 0 Å². The minimum atomic E-state index is -0.298. The van der Waals surface area contributed by atoms with E-state index in [4.69, 9.17) is 5.26 Å². The van der Waals surface area contributed by atoms with Crippen LogP contribution in [0, 0.1) is 11.3 Å². The van der Waals surface area contributed by atoms with Crippen LogP contribution < -0.4 is 0 Å². The van der Waals surface area contributed by atoms with Gasteiger partial charge in [0.2, 0.25) is 0 Å². The molecule has 0 aliphatic heterocycles. The van der Waals surface area contributed by atoms with Gasteiger partial charge in [0.1, 0.15) is 6.07 Å². The first kappa shape index (κ1) is 12.7. The fourth-order valence-corrected chi connectivity index (χ4v) is 2.03. The quantitative estimate of drug-likeness (QED) is 0.801. The average molecular weight is 282 g/mol. The van der Waals surface area contributed by atoms with Crippen molar-refractivity contribution in [2.24, 2.45) is 0 Å². The van der Waals surface area contributed by atoms with Crippen LogP contribution in [0.1, 0.15) is 23.6 Å². The zero-order valence-corrected chi connectivity index (χ0v) is 10.8. The maximum Gasteiger partial charge on any atom is 0.309 e. The van der Waals surface area contributed by atoms with Crippen LogP contribution in [-0.2, 0) is 22.4 Å². The Bertz CT molecular complexity index is 449. The molecule has 0 unspecified atom stereocenters. The van der Waals surface area contributed by atoms with Crippen LogP contribution >= 0.6 is 15.9 Å². The van der Waals surface area contributed by atoms with Crippen molar-refractivity contribution in [3.8, 4) is 6.07 Å². The molecule has 0 fully saturated rings. The Kier molecular flexibility index (Phi) is 4.51. The van der Waals surface area contributed by atoms with Gasteiger partial charge < -0.3 is 4.74 Å². The highest BCUT2D eigenvalue weighted by Crippen LogP contribution is 2.24. The first-order valence-corrected chi connectivity index (χ1v) is 5.69. The molecule has 1 aromatic carbocycles. The highest BCUT2D eigenvalue weighted by molar-refractivity contribution is 9.10. The summed E-state index contributed by atoms with van der Waals surface area (Å²) in [4.78, 5) is 11.1. The highest BCUT2D eigenvalue weighted by atomic mass is 79.9. The van der Waals surface area contributed by atoms with Gasteiger partial charge in [-0.05, 0) is 39.5 Å². The van der Waals surface area contributed by atoms with Gasteiger partial charge in [0, 0.05) is 4.47 Å². The van der Waals surface area contributed by atoms with Crippen molar-refractivity contribution in [2.45, 2.75) is 19.8 Å². The molecule has 0 N–H and O–H groups in total. The second-order valence-electron chi connectivity index (χ2n) is 3.33. The van der Waals surface area contributed by atoms with E-state index >= 15 is 0 Å². The lowest BCUT2D eigenvalue weighted by Crippen LogP contribution is -2.05. The number of rotatable bonds is 3. The number of aryl methyl sites for hydroxylation is 1. The molecule has 84 valence electrons. The van der Waals surface area contributed by atoms with Crippen molar-refractivity contribution in [1.29, 1.82) is 5.26 Å². The first-order chi connectivity index (χ1) is 7.62. The summed E-state index contributed by atoms with van der Waals surface area (Å²) in [6.07, 6.45) is 1.01. The smallest absolute Gasteiger partial charge is 0.309 e. The number of halogens is 1. The fourth-order valence-electron chi connectivity index (χ4n) is 1.43. The molecule has 0 saturated heterocycles. The fraction of sp³-hybridized carbons (Fsp3) is 0.333. The Morgan fingerprint density at radius 3 is 2.75 bits per heavy atom. The van der Waals surface area contributed by atoms with Gasteiger partial charge in [0.25, 0.3) is 0 Å². The Hall–Kier alpha value is -1.34. The molecule has 0 aromatic heterocycles. The van der Waals surface area contributed by atoms with Gasteiger partial charge in [-0.2, -0.15) is 5.26 Å². The average Bonchev–Trinajstić information content (AvgIpc) is 2.30. The summed E-state index contributed by atoms with van der Waals surface area (Å²) in [5.41, 5.74) is 2.39. The lowest BCUT2D eigenvalue weighted by molar-refractivity contribution is -0.139. The molecule has 3 nitrogen and oxygen atoms in total. The second-order valence-corrected chi connectivity index (χ2v) is 4.13. The standard InChI is InChI=1S/C12H12BrNO2/c1-3-9-4-8(6-11(15)16-2)5-10(7-14)12(9)13/h4-5H,3,6H2,1-2H3. The number of benzene rings is 1. The van der Waals surface area contributed by atoms with E-state index in [-0.39, 0.29) is 12.4 Å². The van der Waals surface area contributed by atoms with Crippen LogP contribution in [0.4, 0.5) is 0 Å². The van der Waals surface area contributed by atoms with Crippen LogP contribution in [0.15, 0.2) is 16.6 Å². The summed E-state index contributed by atoms with van der Waals surface area (Å²) in [5.74, 6) is -0.298. The van der Waals surface area contributed by atoms with E-state index in [1.54, 1.807) is 6.07 Å². The van der Waals surface area contributed by atoms with Crippen LogP contribution in [0.25, 0.3) is 0 Å². The SMILES string of the molecule is CCc1cc(CC(=O)OC)cc(C#N)c1Br. The minimum Gasteiger partial charge on any atom is -0.469 e. The molecule has 0 spiro atoms. The molecule has 0 bridgehead atoms. The van der Waals surface area contributed by atoms with Gasteiger partial charge in [-0.3, -0.25) is 4.79 Å². The number of esters is 1. The van der Waals surface area contributed by atoms with E-state index in [1.165, 1.54) is 7.11 Å². The van der Waals surface area contributed by atoms with E-state index in [0.717, 1.165) is 22.0 Å². The van der Waals surface area contributed by atoms with Gasteiger partial charge >= 0.3 is 5.97 Å². The summed E-state index contributed by atoms with van der Waals surface area (Å²) < 4.78 is 5.41. The van der Waals surface area contributed by atoms with Crippen molar-refractivity contribution in [2.75, 3.05) is 7.11 Å². The maximum absolute atomic E-state index is 11.1. The number of carbonyl (C=O) groups is 1. The number of nitriles is 1. The lowest BCUT2D eigenvalue weighted by atomic mass is 10.0. The summed E-state index contributed by atoms with van der Waals surface area (Å²) in [5, 5.41) is 8.96. The largest absolute Gasteiger partial charge is 0.469 e. The summed E-state index contributed by atoms with van der Waals surface area (Å²) >= 11 is 3.38. The molecule has 4 heteroatoms. The second kappa shape index (κ2) is 5.66. The molecule has 1 aromatic rings. The molecule has 0 heterocycles. The summed E-state index contributed by atoms with van der Waals surface area (Å²) in [7, 11) is 1.35. The van der Waals surface area contributed by atoms with E-state index in [1.807, 2.05) is 13.0 Å². The number of carbonyl (C=O) groups excluding carboxylic acids is 1. The van der Waals surface area contributed by atoms with Crippen molar-refractivity contribution < 1.29 is 9.53 Å². The third-order valence-corrected chi connectivity index (χ3v) is 3.22. The predicted octanol–water partition coefficient (Wildman–Crippen LogP) is 2.60. The monoisotopic (exact) mass is 281 g/mol. The van der Waals surface area contributed by atoms with Crippen molar-refractivity contribution in [3.05, 3.63) is 33.3 Å². The molecule has 0 aliphatic carbocycles. The topological polar surface area (TPSA) is 50.1 Å². The lowest BCUT2D eigenvalue weighted by Gasteiger charge is -2.07. The van der Waals surface area contributed by atoms with E-state index in [9.17, 15) is 4.79 Å². The van der Waals surface area contributed by atoms with Gasteiger partial charge in [0.15, 0.2) is 0 Å². The number of hydrogen-bond donors (Lipinski definition) is 0. The molecule has 1 rings (SSSR count). The van der Waals surface area contributed by atoms with Crippen LogP contribution in [-0.4, -0.2) is 13.1 Å². The van der Waals surface area contributed by atoms with E-state index < -0.39 is 0 Å². The predicted molar refractivity (Wildman–Crippen MR) is 64.0 cm³/mol. The number of methoxy groups -OCH3 is 1. The zero-order valence-electron chi connectivity index (χ0n) is 9.21. The normalized spacial score (nSPS) is 9.62. The minimum absolute atomic E-state index is 0.200. The van der Waals surface area contributed by atoms with Crippen molar-refractivity contribution in [3.63, 3.8) is 0 Å². The molecule has 0 radical (unpaired) electrons. The number of hydrogen-bond acceptors (Lipinski definition) is 3. The Balaban J connectivity index is 3.13. The van der Waals surface area contributed by atoms with E-state index in [2.05, 4.69) is 26.7 Å². The Labute approximate surface area is 103 Å². The molecule has 0 aliphatic rings. The van der Waals surface area contributed by atoms with Crippen molar-refractivity contribution in [1.82, 2.24) is 0 Å². The van der Waals surface area contributed by atoms with Gasteiger partial charge in [-0.25, -0.2) is 0 Å². The third kappa shape index (κ3) is 2.83. The molecule has 16 heavy (non-hydrogen) atoms. The van der Waals surface area contributed by atoms with E-state index in [0.29, 0.717) is 5.56 Å². The number of ether oxygens (including phenoxy) is 1. The summed E-state index contributed by atoms with van der Waals surface area (Å²) in [6.45, 7) is 2.00. The summed E-state index contributed by atoms with van der Waals surface area (Å²) in [6, 6.07) is 5.73. The highest BCUT2D eigenvalue weighted by Gasteiger charge is 2.10. The molecule has 0 amide bonds. The zero-order chi connectivity index (χ0) is 12.1. The Morgan fingerprint density at radius 1 is 1.56 bits per heavy atom.